The number of aromatic nitrogens is 1. The van der Waals surface area contributed by atoms with Crippen molar-refractivity contribution in [1.82, 2.24) is 0 Å². The van der Waals surface area contributed by atoms with Gasteiger partial charge in [0.15, 0.2) is 12.4 Å². The van der Waals surface area contributed by atoms with Crippen LogP contribution in [-0.2, 0) is 23.1 Å². The Bertz CT molecular complexity index is 493. The summed E-state index contributed by atoms with van der Waals surface area (Å²) in [6.45, 7) is 5.71. The number of nitrogens with zero attached hydrogens (tertiary/aromatic N) is 1. The van der Waals surface area contributed by atoms with Crippen molar-refractivity contribution in [2.75, 3.05) is 6.26 Å². The van der Waals surface area contributed by atoms with E-state index >= 15 is 0 Å². The van der Waals surface area contributed by atoms with E-state index in [9.17, 15) is 0 Å². The highest BCUT2D eigenvalue weighted by molar-refractivity contribution is 7.84. The van der Waals surface area contributed by atoms with Gasteiger partial charge in [-0.3, -0.25) is 0 Å². The van der Waals surface area contributed by atoms with E-state index in [2.05, 4.69) is 42.9 Å². The standard InChI is InChI=1S/C17H30N.CH4O3S/c1-3-5-6-7-8-9-10-14-18-15-11-13-17(16-18)12-4-2;1-5(2,3)4/h11,13,15-16H,3-10,12,14H2,1-2H3;1H3,(H,2,3,4)/q+1;/p-1. The molecular formula is C18H33NO3S. The van der Waals surface area contributed by atoms with Crippen LogP contribution in [0.5, 0.6) is 0 Å². The van der Waals surface area contributed by atoms with Gasteiger partial charge in [0.25, 0.3) is 0 Å². The first-order chi connectivity index (χ1) is 10.9. The molecule has 0 unspecified atom stereocenters. The molecule has 0 amide bonds. The quantitative estimate of drug-likeness (QED) is 0.368. The molecule has 0 aliphatic heterocycles. The summed E-state index contributed by atoms with van der Waals surface area (Å²) in [5.74, 6) is 0. The van der Waals surface area contributed by atoms with E-state index in [0.717, 1.165) is 0 Å². The zero-order valence-electron chi connectivity index (χ0n) is 15.0. The maximum absolute atomic E-state index is 9.08. The minimum atomic E-state index is -3.92. The number of hydrogen-bond acceptors (Lipinski definition) is 3. The molecule has 1 aromatic heterocycles. The molecule has 4 nitrogen and oxygen atoms in total. The van der Waals surface area contributed by atoms with Crippen LogP contribution >= 0.6 is 0 Å². The molecule has 23 heavy (non-hydrogen) atoms. The van der Waals surface area contributed by atoms with Crippen molar-refractivity contribution >= 4 is 10.1 Å². The van der Waals surface area contributed by atoms with Crippen molar-refractivity contribution in [3.8, 4) is 0 Å². The predicted octanol–water partition coefficient (Wildman–Crippen LogP) is 3.84. The summed E-state index contributed by atoms with van der Waals surface area (Å²) < 4.78 is 29.6. The monoisotopic (exact) mass is 343 g/mol. The molecule has 0 N–H and O–H groups in total. The van der Waals surface area contributed by atoms with Crippen LogP contribution in [0.4, 0.5) is 0 Å². The van der Waals surface area contributed by atoms with Gasteiger partial charge in [-0.25, -0.2) is 13.0 Å². The van der Waals surface area contributed by atoms with Gasteiger partial charge in [-0.2, -0.15) is 0 Å². The van der Waals surface area contributed by atoms with Crippen LogP contribution in [0, 0.1) is 0 Å². The van der Waals surface area contributed by atoms with Gasteiger partial charge in [0.05, 0.1) is 10.1 Å². The van der Waals surface area contributed by atoms with Gasteiger partial charge in [0.1, 0.15) is 6.54 Å². The van der Waals surface area contributed by atoms with Gasteiger partial charge in [0, 0.05) is 24.3 Å². The number of unbranched alkanes of at least 4 members (excludes halogenated alkanes) is 6. The van der Waals surface area contributed by atoms with Gasteiger partial charge in [-0.05, 0) is 18.9 Å². The van der Waals surface area contributed by atoms with Crippen molar-refractivity contribution in [1.29, 1.82) is 0 Å². The Hall–Kier alpha value is -0.940. The summed E-state index contributed by atoms with van der Waals surface area (Å²) in [7, 11) is -3.92. The second-order valence-electron chi connectivity index (χ2n) is 6.03. The molecule has 0 bridgehead atoms. The average molecular weight is 344 g/mol. The Morgan fingerprint density at radius 3 is 2.13 bits per heavy atom. The summed E-state index contributed by atoms with van der Waals surface area (Å²) >= 11 is 0. The summed E-state index contributed by atoms with van der Waals surface area (Å²) in [4.78, 5) is 0. The molecular weight excluding hydrogens is 310 g/mol. The number of hydrogen-bond donors (Lipinski definition) is 0. The van der Waals surface area contributed by atoms with Crippen LogP contribution in [0.25, 0.3) is 0 Å². The molecule has 1 aromatic rings. The van der Waals surface area contributed by atoms with Gasteiger partial charge in [-0.15, -0.1) is 0 Å². The summed E-state index contributed by atoms with van der Waals surface area (Å²) in [6.07, 6.45) is 17.3. The van der Waals surface area contributed by atoms with Crippen molar-refractivity contribution < 1.29 is 17.5 Å². The van der Waals surface area contributed by atoms with Gasteiger partial charge < -0.3 is 4.55 Å². The molecule has 0 aliphatic carbocycles. The molecule has 0 saturated heterocycles. The predicted molar refractivity (Wildman–Crippen MR) is 94.2 cm³/mol. The first-order valence-corrected chi connectivity index (χ1v) is 10.6. The molecule has 0 spiro atoms. The van der Waals surface area contributed by atoms with Crippen molar-refractivity contribution in [2.24, 2.45) is 0 Å². The molecule has 0 radical (unpaired) electrons. The second kappa shape index (κ2) is 13.5. The van der Waals surface area contributed by atoms with Crippen molar-refractivity contribution in [3.63, 3.8) is 0 Å². The molecule has 0 atom stereocenters. The minimum absolute atomic E-state index is 0.604. The van der Waals surface area contributed by atoms with Crippen LogP contribution in [0.2, 0.25) is 0 Å². The molecule has 1 rings (SSSR count). The van der Waals surface area contributed by atoms with Crippen LogP contribution in [0.15, 0.2) is 24.5 Å². The van der Waals surface area contributed by atoms with Crippen molar-refractivity contribution in [3.05, 3.63) is 30.1 Å². The van der Waals surface area contributed by atoms with Gasteiger partial charge in [-0.1, -0.05) is 52.4 Å². The molecule has 0 saturated carbocycles. The highest BCUT2D eigenvalue weighted by Crippen LogP contribution is 2.07. The highest BCUT2D eigenvalue weighted by Gasteiger charge is 2.01. The lowest BCUT2D eigenvalue weighted by molar-refractivity contribution is -0.697. The lowest BCUT2D eigenvalue weighted by Gasteiger charge is -2.01. The Labute approximate surface area is 142 Å². The van der Waals surface area contributed by atoms with Crippen molar-refractivity contribution in [2.45, 2.75) is 78.2 Å². The Morgan fingerprint density at radius 2 is 1.57 bits per heavy atom. The van der Waals surface area contributed by atoms with Crippen LogP contribution < -0.4 is 4.57 Å². The SMILES string of the molecule is CCCCCCCCC[n+]1cccc(CCC)c1.CS(=O)(=O)[O-]. The Kier molecular flexibility index (Phi) is 12.9. The molecule has 0 fully saturated rings. The molecule has 0 aromatic carbocycles. The Balaban J connectivity index is 0.000000841. The zero-order valence-corrected chi connectivity index (χ0v) is 15.8. The van der Waals surface area contributed by atoms with E-state index in [1.165, 1.54) is 69.9 Å². The fourth-order valence-corrected chi connectivity index (χ4v) is 2.40. The number of rotatable bonds is 10. The molecule has 5 heteroatoms. The zero-order chi connectivity index (χ0) is 17.6. The normalized spacial score (nSPS) is 11.0. The van der Waals surface area contributed by atoms with Crippen LogP contribution in [0.1, 0.15) is 70.8 Å². The lowest BCUT2D eigenvalue weighted by Crippen LogP contribution is -2.33. The van der Waals surface area contributed by atoms with E-state index in [0.29, 0.717) is 6.26 Å². The summed E-state index contributed by atoms with van der Waals surface area (Å²) in [5.41, 5.74) is 1.47. The topological polar surface area (TPSA) is 61.1 Å². The fraction of sp³-hybridized carbons (Fsp3) is 0.722. The summed E-state index contributed by atoms with van der Waals surface area (Å²) in [5, 5.41) is 0. The highest BCUT2D eigenvalue weighted by atomic mass is 32.2. The molecule has 1 heterocycles. The average Bonchev–Trinajstić information content (AvgIpc) is 2.45. The van der Waals surface area contributed by atoms with E-state index in [1.54, 1.807) is 0 Å². The second-order valence-corrected chi connectivity index (χ2v) is 7.43. The van der Waals surface area contributed by atoms with E-state index < -0.39 is 10.1 Å². The Morgan fingerprint density at radius 1 is 1.00 bits per heavy atom. The van der Waals surface area contributed by atoms with E-state index in [4.69, 9.17) is 13.0 Å². The van der Waals surface area contributed by atoms with E-state index in [-0.39, 0.29) is 0 Å². The fourth-order valence-electron chi connectivity index (χ4n) is 2.40. The molecule has 0 aliphatic rings. The number of aryl methyl sites for hydroxylation is 2. The maximum Gasteiger partial charge on any atom is 0.171 e. The first kappa shape index (κ1) is 22.1. The third-order valence-corrected chi connectivity index (χ3v) is 3.48. The van der Waals surface area contributed by atoms with Gasteiger partial charge >= 0.3 is 0 Å². The summed E-state index contributed by atoms with van der Waals surface area (Å²) in [6, 6.07) is 4.43. The van der Waals surface area contributed by atoms with Crippen LogP contribution in [0.3, 0.4) is 0 Å². The van der Waals surface area contributed by atoms with Crippen LogP contribution in [-0.4, -0.2) is 19.2 Å². The third-order valence-electron chi connectivity index (χ3n) is 3.48. The minimum Gasteiger partial charge on any atom is -0.748 e. The largest absolute Gasteiger partial charge is 0.748 e. The molecule has 134 valence electrons. The number of pyridine rings is 1. The van der Waals surface area contributed by atoms with E-state index in [1.807, 2.05) is 0 Å². The third kappa shape index (κ3) is 17.2. The smallest absolute Gasteiger partial charge is 0.171 e. The van der Waals surface area contributed by atoms with Gasteiger partial charge in [0.2, 0.25) is 0 Å². The first-order valence-electron chi connectivity index (χ1n) is 8.75. The lowest BCUT2D eigenvalue weighted by atomic mass is 10.1. The maximum atomic E-state index is 9.08.